The molecule has 0 atom stereocenters. The van der Waals surface area contributed by atoms with Crippen LogP contribution in [0.3, 0.4) is 0 Å². The SMILES string of the molecule is CC(C)Oc1cccc(-c2cc(C(=O)NC(=S)Nc3ccc(Br)cn3)c3ccccc3n2)c1. The predicted molar refractivity (Wildman–Crippen MR) is 139 cm³/mol. The van der Waals surface area contributed by atoms with Crippen LogP contribution < -0.4 is 15.4 Å². The van der Waals surface area contributed by atoms with Crippen molar-refractivity contribution in [2.24, 2.45) is 0 Å². The third-order valence-electron chi connectivity index (χ3n) is 4.66. The first kappa shape index (κ1) is 22.8. The Morgan fingerprint density at radius 3 is 2.64 bits per heavy atom. The summed E-state index contributed by atoms with van der Waals surface area (Å²) in [5.41, 5.74) is 2.71. The normalized spacial score (nSPS) is 10.8. The molecule has 0 saturated carbocycles. The summed E-state index contributed by atoms with van der Waals surface area (Å²) in [5, 5.41) is 6.56. The zero-order valence-corrected chi connectivity index (χ0v) is 20.4. The molecule has 4 aromatic rings. The second kappa shape index (κ2) is 10.1. The number of benzene rings is 2. The van der Waals surface area contributed by atoms with Gasteiger partial charge in [0.25, 0.3) is 5.91 Å². The molecule has 8 heteroatoms. The van der Waals surface area contributed by atoms with Crippen molar-refractivity contribution in [1.82, 2.24) is 15.3 Å². The largest absolute Gasteiger partial charge is 0.491 e. The number of thiocarbonyl (C=S) groups is 1. The Balaban J connectivity index is 1.65. The summed E-state index contributed by atoms with van der Waals surface area (Å²) in [6.07, 6.45) is 1.70. The molecule has 6 nitrogen and oxygen atoms in total. The van der Waals surface area contributed by atoms with Crippen LogP contribution in [0.15, 0.2) is 77.4 Å². The Hall–Kier alpha value is -3.36. The van der Waals surface area contributed by atoms with Gasteiger partial charge in [0.1, 0.15) is 11.6 Å². The van der Waals surface area contributed by atoms with Gasteiger partial charge in [-0.3, -0.25) is 10.1 Å². The first-order valence-corrected chi connectivity index (χ1v) is 11.5. The minimum atomic E-state index is -0.334. The standard InChI is InChI=1S/C25H21BrN4O2S/c1-15(2)32-18-7-5-6-16(12-18)22-13-20(19-8-3-4-9-21(19)28-22)24(31)30-25(33)29-23-11-10-17(26)14-27-23/h3-15H,1-2H3,(H2,27,29,30,31,33). The lowest BCUT2D eigenvalue weighted by Crippen LogP contribution is -2.34. The number of halogens is 1. The molecule has 2 N–H and O–H groups in total. The molecule has 2 aromatic carbocycles. The third kappa shape index (κ3) is 5.71. The number of pyridine rings is 2. The van der Waals surface area contributed by atoms with E-state index in [2.05, 4.69) is 31.5 Å². The maximum atomic E-state index is 13.2. The van der Waals surface area contributed by atoms with Crippen molar-refractivity contribution >= 4 is 55.9 Å². The number of para-hydroxylation sites is 1. The van der Waals surface area contributed by atoms with E-state index in [9.17, 15) is 4.79 Å². The van der Waals surface area contributed by atoms with Gasteiger partial charge in [0.15, 0.2) is 5.11 Å². The molecule has 33 heavy (non-hydrogen) atoms. The Morgan fingerprint density at radius 1 is 1.06 bits per heavy atom. The number of anilines is 1. The van der Waals surface area contributed by atoms with Gasteiger partial charge in [-0.05, 0) is 78.4 Å². The van der Waals surface area contributed by atoms with Gasteiger partial charge in [-0.1, -0.05) is 30.3 Å². The first-order valence-electron chi connectivity index (χ1n) is 10.3. The lowest BCUT2D eigenvalue weighted by Gasteiger charge is -2.13. The van der Waals surface area contributed by atoms with E-state index in [0.29, 0.717) is 22.6 Å². The van der Waals surface area contributed by atoms with Gasteiger partial charge in [0.2, 0.25) is 0 Å². The number of hydrogen-bond donors (Lipinski definition) is 2. The van der Waals surface area contributed by atoms with Crippen LogP contribution in [0.4, 0.5) is 5.82 Å². The highest BCUT2D eigenvalue weighted by molar-refractivity contribution is 9.10. The van der Waals surface area contributed by atoms with Gasteiger partial charge in [-0.25, -0.2) is 9.97 Å². The van der Waals surface area contributed by atoms with Crippen molar-refractivity contribution < 1.29 is 9.53 Å². The molecule has 0 saturated heterocycles. The number of amides is 1. The summed E-state index contributed by atoms with van der Waals surface area (Å²) in [7, 11) is 0. The van der Waals surface area contributed by atoms with Gasteiger partial charge >= 0.3 is 0 Å². The minimum Gasteiger partial charge on any atom is -0.491 e. The first-order chi connectivity index (χ1) is 15.9. The number of nitrogens with zero attached hydrogens (tertiary/aromatic N) is 2. The zero-order chi connectivity index (χ0) is 23.4. The quantitative estimate of drug-likeness (QED) is 0.315. The lowest BCUT2D eigenvalue weighted by atomic mass is 10.0. The molecular formula is C25H21BrN4O2S. The highest BCUT2D eigenvalue weighted by Gasteiger charge is 2.16. The number of nitrogens with one attached hydrogen (secondary N) is 2. The minimum absolute atomic E-state index is 0.0554. The topological polar surface area (TPSA) is 76.1 Å². The summed E-state index contributed by atoms with van der Waals surface area (Å²) in [4.78, 5) is 22.2. The number of ether oxygens (including phenoxy) is 1. The highest BCUT2D eigenvalue weighted by Crippen LogP contribution is 2.27. The Kier molecular flexibility index (Phi) is 6.96. The monoisotopic (exact) mass is 520 g/mol. The van der Waals surface area contributed by atoms with E-state index in [-0.39, 0.29) is 17.1 Å². The molecule has 4 rings (SSSR count). The molecule has 1 amide bonds. The van der Waals surface area contributed by atoms with E-state index in [1.807, 2.05) is 68.4 Å². The predicted octanol–water partition coefficient (Wildman–Crippen LogP) is 5.97. The van der Waals surface area contributed by atoms with Crippen molar-refractivity contribution in [2.75, 3.05) is 5.32 Å². The Morgan fingerprint density at radius 2 is 1.88 bits per heavy atom. The van der Waals surface area contributed by atoms with Crippen LogP contribution in [-0.2, 0) is 0 Å². The summed E-state index contributed by atoms with van der Waals surface area (Å²) >= 11 is 8.67. The number of carbonyl (C=O) groups is 1. The Bertz CT molecular complexity index is 1330. The summed E-state index contributed by atoms with van der Waals surface area (Å²) in [5.74, 6) is 0.945. The average molecular weight is 521 g/mol. The van der Waals surface area contributed by atoms with Crippen molar-refractivity contribution in [3.63, 3.8) is 0 Å². The zero-order valence-electron chi connectivity index (χ0n) is 18.0. The van der Waals surface area contributed by atoms with Gasteiger partial charge in [0, 0.05) is 21.6 Å². The van der Waals surface area contributed by atoms with E-state index >= 15 is 0 Å². The van der Waals surface area contributed by atoms with Crippen molar-refractivity contribution in [3.8, 4) is 17.0 Å². The highest BCUT2D eigenvalue weighted by atomic mass is 79.9. The van der Waals surface area contributed by atoms with Crippen molar-refractivity contribution in [3.05, 3.63) is 83.0 Å². The van der Waals surface area contributed by atoms with Gasteiger partial charge in [-0.15, -0.1) is 0 Å². The van der Waals surface area contributed by atoms with Crippen LogP contribution in [0.5, 0.6) is 5.75 Å². The molecule has 0 unspecified atom stereocenters. The summed E-state index contributed by atoms with van der Waals surface area (Å²) in [6, 6.07) is 20.6. The molecule has 0 aliphatic heterocycles. The maximum Gasteiger partial charge on any atom is 0.258 e. The molecule has 2 heterocycles. The number of carbonyl (C=O) groups excluding carboxylic acids is 1. The van der Waals surface area contributed by atoms with E-state index in [4.69, 9.17) is 21.9 Å². The van der Waals surface area contributed by atoms with Crippen LogP contribution in [0.1, 0.15) is 24.2 Å². The van der Waals surface area contributed by atoms with Crippen LogP contribution in [-0.4, -0.2) is 27.1 Å². The second-order valence-corrected chi connectivity index (χ2v) is 8.86. The molecule has 0 bridgehead atoms. The van der Waals surface area contributed by atoms with Crippen LogP contribution >= 0.6 is 28.1 Å². The molecule has 0 spiro atoms. The van der Waals surface area contributed by atoms with Crippen molar-refractivity contribution in [2.45, 2.75) is 20.0 Å². The van der Waals surface area contributed by atoms with Crippen molar-refractivity contribution in [1.29, 1.82) is 0 Å². The van der Waals surface area contributed by atoms with Gasteiger partial charge < -0.3 is 10.1 Å². The fourth-order valence-corrected chi connectivity index (χ4v) is 3.71. The summed E-state index contributed by atoms with van der Waals surface area (Å²) in [6.45, 7) is 3.95. The second-order valence-electron chi connectivity index (χ2n) is 7.54. The van der Waals surface area contributed by atoms with E-state index in [0.717, 1.165) is 21.2 Å². The molecule has 2 aromatic heterocycles. The van der Waals surface area contributed by atoms with Crippen LogP contribution in [0, 0.1) is 0 Å². The summed E-state index contributed by atoms with van der Waals surface area (Å²) < 4.78 is 6.67. The molecule has 0 fully saturated rings. The van der Waals surface area contributed by atoms with E-state index < -0.39 is 0 Å². The number of hydrogen-bond acceptors (Lipinski definition) is 5. The van der Waals surface area contributed by atoms with E-state index in [1.165, 1.54) is 0 Å². The smallest absolute Gasteiger partial charge is 0.258 e. The van der Waals surface area contributed by atoms with Crippen LogP contribution in [0.2, 0.25) is 0 Å². The molecule has 166 valence electrons. The van der Waals surface area contributed by atoms with Gasteiger partial charge in [-0.2, -0.15) is 0 Å². The maximum absolute atomic E-state index is 13.2. The fourth-order valence-electron chi connectivity index (χ4n) is 3.28. The molecule has 0 aliphatic rings. The number of fused-ring (bicyclic) bond motifs is 1. The van der Waals surface area contributed by atoms with E-state index in [1.54, 1.807) is 18.3 Å². The lowest BCUT2D eigenvalue weighted by molar-refractivity contribution is 0.0979. The molecule has 0 radical (unpaired) electrons. The fraction of sp³-hybridized carbons (Fsp3) is 0.120. The van der Waals surface area contributed by atoms with Crippen LogP contribution in [0.25, 0.3) is 22.2 Å². The number of rotatable bonds is 5. The van der Waals surface area contributed by atoms with Gasteiger partial charge in [0.05, 0.1) is 22.9 Å². The third-order valence-corrected chi connectivity index (χ3v) is 5.33. The molecule has 0 aliphatic carbocycles. The molecular weight excluding hydrogens is 500 g/mol. The number of aromatic nitrogens is 2. The Labute approximate surface area is 205 Å². The average Bonchev–Trinajstić information content (AvgIpc) is 2.79.